The lowest BCUT2D eigenvalue weighted by molar-refractivity contribution is -0.0139. The monoisotopic (exact) mass is 404 g/mol. The smallest absolute Gasteiger partial charge is 0.191 e. The number of hydrogen-bond donors (Lipinski definition) is 2. The van der Waals surface area contributed by atoms with E-state index < -0.39 is 0 Å². The molecule has 164 valence electrons. The lowest BCUT2D eigenvalue weighted by atomic mass is 9.88. The largest absolute Gasteiger partial charge is 0.381 e. The normalized spacial score (nSPS) is 21.3. The van der Waals surface area contributed by atoms with Crippen LogP contribution in [0.3, 0.4) is 0 Å². The van der Waals surface area contributed by atoms with Gasteiger partial charge in [0.15, 0.2) is 5.96 Å². The summed E-state index contributed by atoms with van der Waals surface area (Å²) in [6, 6.07) is 0.284. The van der Waals surface area contributed by atoms with Crippen LogP contribution in [0.2, 0.25) is 0 Å². The third-order valence-electron chi connectivity index (χ3n) is 6.63. The second kappa shape index (κ2) is 9.94. The second-order valence-corrected chi connectivity index (χ2v) is 8.75. The summed E-state index contributed by atoms with van der Waals surface area (Å²) < 4.78 is 7.65. The number of hydrogen-bond acceptors (Lipinski definition) is 4. The second-order valence-electron chi connectivity index (χ2n) is 8.75. The summed E-state index contributed by atoms with van der Waals surface area (Å²) in [6.07, 6.45) is 5.73. The molecule has 0 amide bonds. The molecule has 0 aliphatic carbocycles. The van der Waals surface area contributed by atoms with Crippen LogP contribution in [0.25, 0.3) is 0 Å². The van der Waals surface area contributed by atoms with Gasteiger partial charge in [-0.1, -0.05) is 0 Å². The number of nitrogens with one attached hydrogen (secondary N) is 2. The molecule has 1 aromatic heterocycles. The maximum Gasteiger partial charge on any atom is 0.191 e. The molecule has 0 spiro atoms. The molecule has 7 nitrogen and oxygen atoms in total. The summed E-state index contributed by atoms with van der Waals surface area (Å²) in [5.74, 6) is 0.921. The lowest BCUT2D eigenvalue weighted by Crippen LogP contribution is -2.54. The average molecular weight is 405 g/mol. The van der Waals surface area contributed by atoms with Crippen molar-refractivity contribution < 1.29 is 4.74 Å². The number of guanidine groups is 1. The van der Waals surface area contributed by atoms with Gasteiger partial charge in [0, 0.05) is 44.1 Å². The van der Waals surface area contributed by atoms with Gasteiger partial charge in [-0.25, -0.2) is 0 Å². The van der Waals surface area contributed by atoms with Gasteiger partial charge >= 0.3 is 0 Å². The Kier molecular flexibility index (Phi) is 7.57. The van der Waals surface area contributed by atoms with Crippen molar-refractivity contribution in [2.75, 3.05) is 39.4 Å². The average Bonchev–Trinajstić information content (AvgIpc) is 3.33. The van der Waals surface area contributed by atoms with Crippen molar-refractivity contribution in [2.24, 2.45) is 12.0 Å². The maximum absolute atomic E-state index is 5.68. The molecule has 29 heavy (non-hydrogen) atoms. The van der Waals surface area contributed by atoms with Crippen molar-refractivity contribution in [3.8, 4) is 0 Å². The van der Waals surface area contributed by atoms with Gasteiger partial charge in [0.05, 0.1) is 12.2 Å². The van der Waals surface area contributed by atoms with Gasteiger partial charge in [0.1, 0.15) is 0 Å². The van der Waals surface area contributed by atoms with Gasteiger partial charge in [-0.2, -0.15) is 5.10 Å². The molecule has 1 aromatic rings. The molecule has 1 unspecified atom stereocenters. The Bertz CT molecular complexity index is 686. The SMILES string of the molecule is CCNC(=NCC1(N2CCCC2)CCOCC1)NC(C)Cc1c(C)nn(C)c1C. The third kappa shape index (κ3) is 5.31. The molecule has 2 N–H and O–H groups in total. The van der Waals surface area contributed by atoms with E-state index in [2.05, 4.69) is 48.3 Å². The Morgan fingerprint density at radius 3 is 2.52 bits per heavy atom. The van der Waals surface area contributed by atoms with Gasteiger partial charge in [0.25, 0.3) is 0 Å². The van der Waals surface area contributed by atoms with Crippen molar-refractivity contribution in [3.05, 3.63) is 17.0 Å². The molecular weight excluding hydrogens is 364 g/mol. The van der Waals surface area contributed by atoms with Gasteiger partial charge in [-0.15, -0.1) is 0 Å². The van der Waals surface area contributed by atoms with E-state index in [1.54, 1.807) is 0 Å². The first kappa shape index (κ1) is 22.1. The first-order valence-electron chi connectivity index (χ1n) is 11.3. The molecule has 0 aromatic carbocycles. The van der Waals surface area contributed by atoms with Crippen molar-refractivity contribution in [3.63, 3.8) is 0 Å². The summed E-state index contributed by atoms with van der Waals surface area (Å²) in [5.41, 5.74) is 3.86. The van der Waals surface area contributed by atoms with Crippen LogP contribution in [-0.4, -0.2) is 71.6 Å². The maximum atomic E-state index is 5.68. The predicted molar refractivity (Wildman–Crippen MR) is 119 cm³/mol. The van der Waals surface area contributed by atoms with Crippen LogP contribution >= 0.6 is 0 Å². The first-order chi connectivity index (χ1) is 13.9. The highest BCUT2D eigenvalue weighted by Gasteiger charge is 2.39. The van der Waals surface area contributed by atoms with Gasteiger partial charge < -0.3 is 15.4 Å². The van der Waals surface area contributed by atoms with Crippen molar-refractivity contribution >= 4 is 5.96 Å². The number of aromatic nitrogens is 2. The molecule has 7 heteroatoms. The minimum Gasteiger partial charge on any atom is -0.381 e. The van der Waals surface area contributed by atoms with E-state index in [0.717, 1.165) is 57.2 Å². The molecule has 2 aliphatic heterocycles. The molecule has 1 atom stereocenters. The Morgan fingerprint density at radius 2 is 1.93 bits per heavy atom. The van der Waals surface area contributed by atoms with Crippen LogP contribution in [0.5, 0.6) is 0 Å². The molecule has 0 bridgehead atoms. The molecule has 0 saturated carbocycles. The fourth-order valence-electron chi connectivity index (χ4n) is 4.77. The molecule has 2 fully saturated rings. The van der Waals surface area contributed by atoms with E-state index in [9.17, 15) is 0 Å². The number of rotatable bonds is 7. The zero-order valence-corrected chi connectivity index (χ0v) is 19.1. The highest BCUT2D eigenvalue weighted by atomic mass is 16.5. The van der Waals surface area contributed by atoms with Crippen molar-refractivity contribution in [2.45, 2.75) is 71.4 Å². The number of aryl methyl sites for hydroxylation is 2. The Labute approximate surface area is 176 Å². The highest BCUT2D eigenvalue weighted by Crippen LogP contribution is 2.31. The zero-order valence-electron chi connectivity index (χ0n) is 19.1. The van der Waals surface area contributed by atoms with Crippen molar-refractivity contribution in [1.29, 1.82) is 0 Å². The van der Waals surface area contributed by atoms with Gasteiger partial charge in [-0.3, -0.25) is 14.6 Å². The third-order valence-corrected chi connectivity index (χ3v) is 6.63. The van der Waals surface area contributed by atoms with E-state index in [-0.39, 0.29) is 11.6 Å². The van der Waals surface area contributed by atoms with Gasteiger partial charge in [-0.05, 0) is 78.5 Å². The van der Waals surface area contributed by atoms with Crippen LogP contribution in [0, 0.1) is 13.8 Å². The molecule has 0 radical (unpaired) electrons. The van der Waals surface area contributed by atoms with E-state index in [1.807, 2.05) is 11.7 Å². The Balaban J connectivity index is 1.68. The van der Waals surface area contributed by atoms with Crippen molar-refractivity contribution in [1.82, 2.24) is 25.3 Å². The molecule has 3 rings (SSSR count). The summed E-state index contributed by atoms with van der Waals surface area (Å²) in [5, 5.41) is 11.6. The Hall–Kier alpha value is -1.60. The van der Waals surface area contributed by atoms with E-state index in [1.165, 1.54) is 37.2 Å². The number of likely N-dealkylation sites (tertiary alicyclic amines) is 1. The van der Waals surface area contributed by atoms with Crippen LogP contribution in [0.4, 0.5) is 0 Å². The standard InChI is InChI=1S/C22H40N6O/c1-6-23-21(25-17(2)15-20-18(3)26-27(5)19(20)4)24-16-22(9-13-29-14-10-22)28-11-7-8-12-28/h17H,6-16H2,1-5H3,(H2,23,24,25). The van der Waals surface area contributed by atoms with Crippen LogP contribution < -0.4 is 10.6 Å². The van der Waals surface area contributed by atoms with Crippen LogP contribution in [-0.2, 0) is 18.2 Å². The summed E-state index contributed by atoms with van der Waals surface area (Å²) >= 11 is 0. The number of nitrogens with zero attached hydrogens (tertiary/aromatic N) is 4. The summed E-state index contributed by atoms with van der Waals surface area (Å²) in [6.45, 7) is 14.4. The molecular formula is C22H40N6O. The predicted octanol–water partition coefficient (Wildman–Crippen LogP) is 2.17. The lowest BCUT2D eigenvalue weighted by Gasteiger charge is -2.43. The minimum atomic E-state index is 0.164. The Morgan fingerprint density at radius 1 is 1.24 bits per heavy atom. The zero-order chi connectivity index (χ0) is 20.9. The number of aliphatic imine (C=N–C) groups is 1. The molecule has 3 heterocycles. The number of ether oxygens (including phenoxy) is 1. The quantitative estimate of drug-likeness (QED) is 0.539. The molecule has 2 saturated heterocycles. The van der Waals surface area contributed by atoms with E-state index in [4.69, 9.17) is 9.73 Å². The fraction of sp³-hybridized carbons (Fsp3) is 0.818. The fourth-order valence-corrected chi connectivity index (χ4v) is 4.77. The van der Waals surface area contributed by atoms with Gasteiger partial charge in [0.2, 0.25) is 0 Å². The molecule has 2 aliphatic rings. The van der Waals surface area contributed by atoms with E-state index in [0.29, 0.717) is 0 Å². The summed E-state index contributed by atoms with van der Waals surface area (Å²) in [4.78, 5) is 7.74. The first-order valence-corrected chi connectivity index (χ1v) is 11.3. The topological polar surface area (TPSA) is 66.7 Å². The highest BCUT2D eigenvalue weighted by molar-refractivity contribution is 5.80. The minimum absolute atomic E-state index is 0.164. The van der Waals surface area contributed by atoms with Crippen LogP contribution in [0.15, 0.2) is 4.99 Å². The van der Waals surface area contributed by atoms with E-state index >= 15 is 0 Å². The summed E-state index contributed by atoms with van der Waals surface area (Å²) in [7, 11) is 2.02. The van der Waals surface area contributed by atoms with Crippen LogP contribution in [0.1, 0.15) is 56.5 Å².